The van der Waals surface area contributed by atoms with Gasteiger partial charge in [-0.1, -0.05) is 37.1 Å². The lowest BCUT2D eigenvalue weighted by Crippen LogP contribution is -2.33. The van der Waals surface area contributed by atoms with Gasteiger partial charge in [0.2, 0.25) is 0 Å². The van der Waals surface area contributed by atoms with Crippen molar-refractivity contribution in [3.05, 3.63) is 80.3 Å². The van der Waals surface area contributed by atoms with E-state index in [0.29, 0.717) is 11.6 Å². The molecule has 7 heteroatoms. The summed E-state index contributed by atoms with van der Waals surface area (Å²) in [4.78, 5) is 26.4. The molecule has 1 amide bonds. The first-order chi connectivity index (χ1) is 13.5. The van der Waals surface area contributed by atoms with Crippen molar-refractivity contribution in [1.82, 2.24) is 9.88 Å². The van der Waals surface area contributed by atoms with Crippen LogP contribution in [0.2, 0.25) is 5.02 Å². The first kappa shape index (κ1) is 20.3. The lowest BCUT2D eigenvalue weighted by molar-refractivity contribution is 0.0949. The highest BCUT2D eigenvalue weighted by Crippen LogP contribution is 2.29. The molecular formula is C21H20ClFN2O2S. The second kappa shape index (κ2) is 9.17. The third-order valence-electron chi connectivity index (χ3n) is 4.30. The zero-order valence-electron chi connectivity index (χ0n) is 15.4. The first-order valence-electron chi connectivity index (χ1n) is 8.99. The van der Waals surface area contributed by atoms with Gasteiger partial charge in [-0.05, 0) is 36.2 Å². The van der Waals surface area contributed by atoms with Crippen molar-refractivity contribution in [1.29, 1.82) is 0 Å². The van der Waals surface area contributed by atoms with Crippen molar-refractivity contribution in [3.8, 4) is 10.4 Å². The fourth-order valence-electron chi connectivity index (χ4n) is 2.77. The van der Waals surface area contributed by atoms with Gasteiger partial charge in [0.15, 0.2) is 0 Å². The molecule has 0 atom stereocenters. The molecule has 0 radical (unpaired) electrons. The highest BCUT2D eigenvalue weighted by Gasteiger charge is 2.16. The number of unbranched alkanes of at least 4 members (excludes halogenated alkanes) is 1. The summed E-state index contributed by atoms with van der Waals surface area (Å²) in [5.74, 6) is -0.791. The van der Waals surface area contributed by atoms with Crippen LogP contribution >= 0.6 is 22.9 Å². The summed E-state index contributed by atoms with van der Waals surface area (Å²) < 4.78 is 14.6. The molecule has 1 N–H and O–H groups in total. The Morgan fingerprint density at radius 3 is 2.64 bits per heavy atom. The maximum Gasteiger partial charge on any atom is 0.263 e. The maximum absolute atomic E-state index is 13.0. The van der Waals surface area contributed by atoms with Gasteiger partial charge in [-0.2, -0.15) is 0 Å². The number of aromatic nitrogens is 1. The predicted octanol–water partition coefficient (Wildman–Crippen LogP) is 5.10. The number of rotatable bonds is 7. The number of carbonyl (C=O) groups is 1. The van der Waals surface area contributed by atoms with E-state index in [0.717, 1.165) is 28.8 Å². The zero-order valence-corrected chi connectivity index (χ0v) is 16.9. The minimum Gasteiger partial charge on any atom is -0.348 e. The van der Waals surface area contributed by atoms with E-state index in [-0.39, 0.29) is 23.5 Å². The van der Waals surface area contributed by atoms with E-state index in [1.165, 1.54) is 23.5 Å². The molecule has 0 saturated carbocycles. The van der Waals surface area contributed by atoms with Crippen molar-refractivity contribution >= 4 is 28.8 Å². The Balaban J connectivity index is 1.89. The molecule has 0 aliphatic rings. The zero-order chi connectivity index (χ0) is 20.1. The topological polar surface area (TPSA) is 51.1 Å². The number of pyridine rings is 1. The minimum atomic E-state index is -0.455. The van der Waals surface area contributed by atoms with Crippen LogP contribution in [0.25, 0.3) is 10.4 Å². The first-order valence-corrected chi connectivity index (χ1v) is 10.2. The largest absolute Gasteiger partial charge is 0.348 e. The fourth-order valence-corrected chi connectivity index (χ4v) is 3.83. The maximum atomic E-state index is 13.0. The Kier molecular flexibility index (Phi) is 6.65. The number of thiophene rings is 1. The molecule has 3 rings (SSSR count). The summed E-state index contributed by atoms with van der Waals surface area (Å²) >= 11 is 7.49. The van der Waals surface area contributed by atoms with E-state index < -0.39 is 5.91 Å². The predicted molar refractivity (Wildman–Crippen MR) is 112 cm³/mol. The molecule has 0 fully saturated rings. The van der Waals surface area contributed by atoms with Crippen molar-refractivity contribution in [2.24, 2.45) is 0 Å². The number of benzene rings is 1. The van der Waals surface area contributed by atoms with Crippen LogP contribution in [0.15, 0.2) is 52.8 Å². The molecule has 0 aliphatic carbocycles. The summed E-state index contributed by atoms with van der Waals surface area (Å²) in [7, 11) is 0. The molecule has 0 unspecified atom stereocenters. The summed E-state index contributed by atoms with van der Waals surface area (Å²) in [5.41, 5.74) is 1.29. The summed E-state index contributed by atoms with van der Waals surface area (Å²) in [6.45, 7) is 2.80. The van der Waals surface area contributed by atoms with Gasteiger partial charge in [0.05, 0.1) is 5.02 Å². The number of nitrogens with one attached hydrogen (secondary N) is 1. The SMILES string of the molecule is CCCCn1cc(-c2cc(Cl)cs2)cc(C(=O)NCc2ccc(F)cc2)c1=O. The van der Waals surface area contributed by atoms with Crippen LogP contribution in [0.4, 0.5) is 4.39 Å². The second-order valence-corrected chi connectivity index (χ2v) is 7.78. The number of nitrogens with zero attached hydrogens (tertiary/aromatic N) is 1. The van der Waals surface area contributed by atoms with Crippen molar-refractivity contribution in [2.75, 3.05) is 0 Å². The van der Waals surface area contributed by atoms with Gasteiger partial charge >= 0.3 is 0 Å². The Hall–Kier alpha value is -2.44. The van der Waals surface area contributed by atoms with Gasteiger partial charge in [-0.25, -0.2) is 4.39 Å². The highest BCUT2D eigenvalue weighted by molar-refractivity contribution is 7.14. The van der Waals surface area contributed by atoms with Crippen LogP contribution in [0, 0.1) is 5.82 Å². The molecule has 4 nitrogen and oxygen atoms in total. The molecular weight excluding hydrogens is 399 g/mol. The van der Waals surface area contributed by atoms with Gasteiger partial charge in [-0.3, -0.25) is 9.59 Å². The molecule has 0 bridgehead atoms. The molecule has 2 aromatic heterocycles. The van der Waals surface area contributed by atoms with Crippen LogP contribution in [-0.4, -0.2) is 10.5 Å². The minimum absolute atomic E-state index is 0.0836. The molecule has 1 aromatic carbocycles. The molecule has 0 spiro atoms. The van der Waals surface area contributed by atoms with Crippen LogP contribution in [0.5, 0.6) is 0 Å². The van der Waals surface area contributed by atoms with Gasteiger partial charge in [0.25, 0.3) is 11.5 Å². The highest BCUT2D eigenvalue weighted by atomic mass is 35.5. The lowest BCUT2D eigenvalue weighted by atomic mass is 10.1. The Morgan fingerprint density at radius 2 is 2.00 bits per heavy atom. The number of carbonyl (C=O) groups excluding carboxylic acids is 1. The van der Waals surface area contributed by atoms with E-state index >= 15 is 0 Å². The summed E-state index contributed by atoms with van der Waals surface area (Å²) in [6, 6.07) is 9.28. The number of amides is 1. The number of hydrogen-bond donors (Lipinski definition) is 1. The van der Waals surface area contributed by atoms with Crippen LogP contribution in [0.3, 0.4) is 0 Å². The Labute approximate surface area is 171 Å². The molecule has 0 saturated heterocycles. The Morgan fingerprint density at radius 1 is 1.25 bits per heavy atom. The number of aryl methyl sites for hydroxylation is 1. The van der Waals surface area contributed by atoms with E-state index in [4.69, 9.17) is 11.6 Å². The van der Waals surface area contributed by atoms with Crippen molar-refractivity contribution in [3.63, 3.8) is 0 Å². The van der Waals surface area contributed by atoms with Gasteiger partial charge in [0.1, 0.15) is 11.4 Å². The van der Waals surface area contributed by atoms with E-state index in [9.17, 15) is 14.0 Å². The van der Waals surface area contributed by atoms with Gasteiger partial charge in [-0.15, -0.1) is 11.3 Å². The fraction of sp³-hybridized carbons (Fsp3) is 0.238. The van der Waals surface area contributed by atoms with Crippen LogP contribution in [0.1, 0.15) is 35.7 Å². The molecule has 146 valence electrons. The third kappa shape index (κ3) is 4.88. The van der Waals surface area contributed by atoms with E-state index in [2.05, 4.69) is 5.32 Å². The standard InChI is InChI=1S/C21H20ClFN2O2S/c1-2-3-8-25-12-15(19-10-16(22)13-28-19)9-18(21(25)27)20(26)24-11-14-4-6-17(23)7-5-14/h4-7,9-10,12-13H,2-3,8,11H2,1H3,(H,24,26). The smallest absolute Gasteiger partial charge is 0.263 e. The second-order valence-electron chi connectivity index (χ2n) is 6.43. The van der Waals surface area contributed by atoms with Crippen LogP contribution < -0.4 is 10.9 Å². The average molecular weight is 419 g/mol. The number of hydrogen-bond acceptors (Lipinski definition) is 3. The normalized spacial score (nSPS) is 10.8. The van der Waals surface area contributed by atoms with Crippen molar-refractivity contribution < 1.29 is 9.18 Å². The monoisotopic (exact) mass is 418 g/mol. The van der Waals surface area contributed by atoms with Crippen molar-refractivity contribution in [2.45, 2.75) is 32.9 Å². The number of halogens is 2. The lowest BCUT2D eigenvalue weighted by Gasteiger charge is -2.11. The average Bonchev–Trinajstić information content (AvgIpc) is 3.13. The molecule has 0 aliphatic heterocycles. The van der Waals surface area contributed by atoms with Gasteiger partial charge < -0.3 is 9.88 Å². The van der Waals surface area contributed by atoms with E-state index in [1.807, 2.05) is 18.4 Å². The third-order valence-corrected chi connectivity index (χ3v) is 5.63. The molecule has 2 heterocycles. The van der Waals surface area contributed by atoms with Crippen LogP contribution in [-0.2, 0) is 13.1 Å². The molecule has 28 heavy (non-hydrogen) atoms. The van der Waals surface area contributed by atoms with E-state index in [1.54, 1.807) is 29.0 Å². The molecule has 3 aromatic rings. The summed E-state index contributed by atoms with van der Waals surface area (Å²) in [5, 5.41) is 5.18. The van der Waals surface area contributed by atoms with Gasteiger partial charge in [0, 0.05) is 35.1 Å². The summed E-state index contributed by atoms with van der Waals surface area (Å²) in [6.07, 6.45) is 3.55. The quantitative estimate of drug-likeness (QED) is 0.580. The Bertz CT molecular complexity index is 1030.